The van der Waals surface area contributed by atoms with Gasteiger partial charge >= 0.3 is 0 Å². The van der Waals surface area contributed by atoms with E-state index in [0.29, 0.717) is 23.6 Å². The van der Waals surface area contributed by atoms with E-state index in [1.165, 1.54) is 4.31 Å². The highest BCUT2D eigenvalue weighted by Crippen LogP contribution is 2.19. The van der Waals surface area contributed by atoms with Crippen molar-refractivity contribution in [1.82, 2.24) is 4.31 Å². The SMILES string of the molecule is CN(CCc1ccccc1)S(=O)(=O)Cc1ccccc1Cl. The van der Waals surface area contributed by atoms with Crippen molar-refractivity contribution in [3.63, 3.8) is 0 Å². The van der Waals surface area contributed by atoms with E-state index in [1.807, 2.05) is 30.3 Å². The number of rotatable bonds is 6. The fraction of sp³-hybridized carbons (Fsp3) is 0.250. The van der Waals surface area contributed by atoms with Crippen LogP contribution in [-0.2, 0) is 22.2 Å². The first-order valence-corrected chi connectivity index (χ1v) is 8.69. The van der Waals surface area contributed by atoms with Gasteiger partial charge in [0.1, 0.15) is 0 Å². The molecule has 0 saturated carbocycles. The van der Waals surface area contributed by atoms with Crippen LogP contribution in [0.15, 0.2) is 54.6 Å². The zero-order valence-electron chi connectivity index (χ0n) is 11.9. The highest BCUT2D eigenvalue weighted by molar-refractivity contribution is 7.88. The standard InChI is InChI=1S/C16H18ClNO2S/c1-18(12-11-14-7-3-2-4-8-14)21(19,20)13-15-9-5-6-10-16(15)17/h2-10H,11-13H2,1H3. The van der Waals surface area contributed by atoms with E-state index >= 15 is 0 Å². The van der Waals surface area contributed by atoms with Crippen molar-refractivity contribution in [3.05, 3.63) is 70.7 Å². The van der Waals surface area contributed by atoms with Crippen LogP contribution < -0.4 is 0 Å². The van der Waals surface area contributed by atoms with E-state index < -0.39 is 10.0 Å². The molecule has 2 aromatic carbocycles. The van der Waals surface area contributed by atoms with Crippen LogP contribution in [0.1, 0.15) is 11.1 Å². The van der Waals surface area contributed by atoms with Gasteiger partial charge in [-0.05, 0) is 23.6 Å². The van der Waals surface area contributed by atoms with Gasteiger partial charge in [0, 0.05) is 18.6 Å². The van der Waals surface area contributed by atoms with E-state index in [-0.39, 0.29) is 5.75 Å². The van der Waals surface area contributed by atoms with Crippen LogP contribution in [0.3, 0.4) is 0 Å². The largest absolute Gasteiger partial charge is 0.218 e. The van der Waals surface area contributed by atoms with Crippen LogP contribution in [-0.4, -0.2) is 26.3 Å². The number of likely N-dealkylation sites (N-methyl/N-ethyl adjacent to an activating group) is 1. The maximum atomic E-state index is 12.3. The molecule has 2 rings (SSSR count). The lowest BCUT2D eigenvalue weighted by atomic mass is 10.2. The Bertz CT molecular complexity index is 686. The highest BCUT2D eigenvalue weighted by atomic mass is 35.5. The average molecular weight is 324 g/mol. The van der Waals surface area contributed by atoms with E-state index in [9.17, 15) is 8.42 Å². The van der Waals surface area contributed by atoms with Gasteiger partial charge in [0.25, 0.3) is 0 Å². The van der Waals surface area contributed by atoms with Gasteiger partial charge in [0.05, 0.1) is 5.75 Å². The summed E-state index contributed by atoms with van der Waals surface area (Å²) >= 11 is 6.02. The molecule has 0 N–H and O–H groups in total. The minimum absolute atomic E-state index is 0.0715. The van der Waals surface area contributed by atoms with Crippen LogP contribution in [0.5, 0.6) is 0 Å². The lowest BCUT2D eigenvalue weighted by Gasteiger charge is -2.17. The number of benzene rings is 2. The van der Waals surface area contributed by atoms with Crippen molar-refractivity contribution >= 4 is 21.6 Å². The molecule has 3 nitrogen and oxygen atoms in total. The summed E-state index contributed by atoms with van der Waals surface area (Å²) in [5, 5.41) is 0.484. The fourth-order valence-corrected chi connectivity index (χ4v) is 3.51. The fourth-order valence-electron chi connectivity index (χ4n) is 1.99. The second-order valence-corrected chi connectivity index (χ2v) is 7.39. The van der Waals surface area contributed by atoms with Gasteiger partial charge in [-0.25, -0.2) is 12.7 Å². The van der Waals surface area contributed by atoms with Crippen LogP contribution in [0.4, 0.5) is 0 Å². The smallest absolute Gasteiger partial charge is 0.212 e. The Labute approximate surface area is 131 Å². The van der Waals surface area contributed by atoms with Crippen molar-refractivity contribution in [2.45, 2.75) is 12.2 Å². The van der Waals surface area contributed by atoms with Gasteiger partial charge in [-0.3, -0.25) is 0 Å². The molecular formula is C16H18ClNO2S. The molecule has 0 unspecified atom stereocenters. The summed E-state index contributed by atoms with van der Waals surface area (Å²) in [5.41, 5.74) is 1.75. The molecule has 0 aliphatic heterocycles. The van der Waals surface area contributed by atoms with Crippen molar-refractivity contribution in [3.8, 4) is 0 Å². The minimum Gasteiger partial charge on any atom is -0.212 e. The molecule has 0 fully saturated rings. The molecule has 0 aliphatic carbocycles. The molecule has 112 valence electrons. The second-order valence-electron chi connectivity index (χ2n) is 4.90. The summed E-state index contributed by atoms with van der Waals surface area (Å²) < 4.78 is 26.1. The summed E-state index contributed by atoms with van der Waals surface area (Å²) in [7, 11) is -1.75. The van der Waals surface area contributed by atoms with Gasteiger partial charge in [0.2, 0.25) is 10.0 Å². The van der Waals surface area contributed by atoms with Gasteiger partial charge < -0.3 is 0 Å². The summed E-state index contributed by atoms with van der Waals surface area (Å²) in [6.07, 6.45) is 0.694. The molecular weight excluding hydrogens is 306 g/mol. The first kappa shape index (κ1) is 16.0. The Hall–Kier alpha value is -1.36. The third-order valence-corrected chi connectivity index (χ3v) is 5.51. The maximum absolute atomic E-state index is 12.3. The Morgan fingerprint density at radius 3 is 2.29 bits per heavy atom. The summed E-state index contributed by atoms with van der Waals surface area (Å²) in [6.45, 7) is 0.455. The molecule has 0 atom stereocenters. The van der Waals surface area contributed by atoms with Gasteiger partial charge in [-0.15, -0.1) is 0 Å². The maximum Gasteiger partial charge on any atom is 0.218 e. The Balaban J connectivity index is 2.00. The third kappa shape index (κ3) is 4.56. The van der Waals surface area contributed by atoms with Crippen molar-refractivity contribution in [2.75, 3.05) is 13.6 Å². The van der Waals surface area contributed by atoms with E-state index in [0.717, 1.165) is 5.56 Å². The molecule has 0 radical (unpaired) electrons. The molecule has 0 saturated heterocycles. The quantitative estimate of drug-likeness (QED) is 0.817. The molecule has 0 heterocycles. The minimum atomic E-state index is -3.36. The molecule has 0 amide bonds. The zero-order chi connectivity index (χ0) is 15.3. The first-order chi connectivity index (χ1) is 9.99. The lowest BCUT2D eigenvalue weighted by Crippen LogP contribution is -2.30. The number of halogens is 1. The normalized spacial score (nSPS) is 11.8. The van der Waals surface area contributed by atoms with Crippen molar-refractivity contribution in [2.24, 2.45) is 0 Å². The van der Waals surface area contributed by atoms with Crippen LogP contribution in [0.25, 0.3) is 0 Å². The first-order valence-electron chi connectivity index (χ1n) is 6.70. The second kappa shape index (κ2) is 7.07. The molecule has 21 heavy (non-hydrogen) atoms. The Morgan fingerprint density at radius 2 is 1.62 bits per heavy atom. The van der Waals surface area contributed by atoms with E-state index in [4.69, 9.17) is 11.6 Å². The molecule has 0 bridgehead atoms. The molecule has 2 aromatic rings. The topological polar surface area (TPSA) is 37.4 Å². The number of nitrogens with zero attached hydrogens (tertiary/aromatic N) is 1. The number of hydrogen-bond donors (Lipinski definition) is 0. The highest BCUT2D eigenvalue weighted by Gasteiger charge is 2.19. The predicted octanol–water partition coefficient (Wildman–Crippen LogP) is 3.34. The van der Waals surface area contributed by atoms with Crippen molar-refractivity contribution in [1.29, 1.82) is 0 Å². The molecule has 0 aromatic heterocycles. The van der Waals surface area contributed by atoms with E-state index in [2.05, 4.69) is 0 Å². The zero-order valence-corrected chi connectivity index (χ0v) is 13.4. The lowest BCUT2D eigenvalue weighted by molar-refractivity contribution is 0.471. The van der Waals surface area contributed by atoms with Crippen LogP contribution in [0, 0.1) is 0 Å². The Kier molecular flexibility index (Phi) is 5.39. The van der Waals surface area contributed by atoms with Gasteiger partial charge in [0.15, 0.2) is 0 Å². The van der Waals surface area contributed by atoms with E-state index in [1.54, 1.807) is 31.3 Å². The van der Waals surface area contributed by atoms with Crippen LogP contribution in [0.2, 0.25) is 5.02 Å². The average Bonchev–Trinajstić information content (AvgIpc) is 2.48. The summed E-state index contributed by atoms with van der Waals surface area (Å²) in [5.74, 6) is -0.0715. The third-order valence-electron chi connectivity index (χ3n) is 3.33. The van der Waals surface area contributed by atoms with Crippen molar-refractivity contribution < 1.29 is 8.42 Å². The Morgan fingerprint density at radius 1 is 1.00 bits per heavy atom. The van der Waals surface area contributed by atoms with Crippen LogP contribution >= 0.6 is 11.6 Å². The number of sulfonamides is 1. The number of hydrogen-bond acceptors (Lipinski definition) is 2. The molecule has 0 spiro atoms. The molecule has 5 heteroatoms. The van der Waals surface area contributed by atoms with Gasteiger partial charge in [-0.2, -0.15) is 0 Å². The summed E-state index contributed by atoms with van der Waals surface area (Å²) in [6, 6.07) is 16.9. The van der Waals surface area contributed by atoms with Gasteiger partial charge in [-0.1, -0.05) is 60.1 Å². The predicted molar refractivity (Wildman–Crippen MR) is 86.9 cm³/mol. The molecule has 0 aliphatic rings. The summed E-state index contributed by atoms with van der Waals surface area (Å²) in [4.78, 5) is 0. The monoisotopic (exact) mass is 323 g/mol.